The van der Waals surface area contributed by atoms with Gasteiger partial charge in [0.2, 0.25) is 0 Å². The van der Waals surface area contributed by atoms with Crippen molar-refractivity contribution in [3.05, 3.63) is 35.1 Å². The molecule has 0 radical (unpaired) electrons. The number of aryl methyl sites for hydroxylation is 1. The lowest BCUT2D eigenvalue weighted by atomic mass is 10.1. The first kappa shape index (κ1) is 17.4. The Balaban J connectivity index is 2.56. The van der Waals surface area contributed by atoms with Crippen molar-refractivity contribution in [2.45, 2.75) is 27.3 Å². The molecule has 0 aliphatic carbocycles. The van der Waals surface area contributed by atoms with Crippen LogP contribution in [0.4, 0.5) is 4.39 Å². The Kier molecular flexibility index (Phi) is 7.75. The summed E-state index contributed by atoms with van der Waals surface area (Å²) in [5.41, 5.74) is 1.67. The number of likely N-dealkylation sites (N-methyl/N-ethyl adjacent to an activating group) is 1. The minimum atomic E-state index is -0.171. The van der Waals surface area contributed by atoms with Crippen molar-refractivity contribution in [3.8, 4) is 0 Å². The first-order valence-corrected chi connectivity index (χ1v) is 7.52. The fourth-order valence-corrected chi connectivity index (χ4v) is 1.84. The van der Waals surface area contributed by atoms with E-state index in [0.717, 1.165) is 37.7 Å². The number of hydrogen-bond donors (Lipinski definition) is 2. The van der Waals surface area contributed by atoms with Crippen molar-refractivity contribution in [1.29, 1.82) is 0 Å². The van der Waals surface area contributed by atoms with Crippen molar-refractivity contribution in [2.24, 2.45) is 4.99 Å². The van der Waals surface area contributed by atoms with Crippen LogP contribution in [0.15, 0.2) is 23.2 Å². The highest BCUT2D eigenvalue weighted by Crippen LogP contribution is 2.09. The number of hydrogen-bond acceptors (Lipinski definition) is 2. The molecule has 0 fully saturated rings. The van der Waals surface area contributed by atoms with Crippen LogP contribution < -0.4 is 10.6 Å². The summed E-state index contributed by atoms with van der Waals surface area (Å²) in [4.78, 5) is 6.77. The highest BCUT2D eigenvalue weighted by molar-refractivity contribution is 5.79. The number of nitrogens with one attached hydrogen (secondary N) is 2. The van der Waals surface area contributed by atoms with Crippen LogP contribution in [0.3, 0.4) is 0 Å². The van der Waals surface area contributed by atoms with Gasteiger partial charge in [0.25, 0.3) is 0 Å². The van der Waals surface area contributed by atoms with Crippen LogP contribution in [-0.2, 0) is 6.54 Å². The van der Waals surface area contributed by atoms with Crippen LogP contribution in [-0.4, -0.2) is 44.1 Å². The molecule has 21 heavy (non-hydrogen) atoms. The van der Waals surface area contributed by atoms with Crippen molar-refractivity contribution >= 4 is 5.96 Å². The van der Waals surface area contributed by atoms with Crippen molar-refractivity contribution in [3.63, 3.8) is 0 Å². The fraction of sp³-hybridized carbons (Fsp3) is 0.562. The molecule has 5 heteroatoms. The van der Waals surface area contributed by atoms with Crippen molar-refractivity contribution in [1.82, 2.24) is 15.5 Å². The number of benzene rings is 1. The Labute approximate surface area is 127 Å². The Morgan fingerprint density at radius 1 is 1.29 bits per heavy atom. The van der Waals surface area contributed by atoms with Gasteiger partial charge in [0, 0.05) is 19.6 Å². The summed E-state index contributed by atoms with van der Waals surface area (Å²) >= 11 is 0. The van der Waals surface area contributed by atoms with E-state index >= 15 is 0 Å². The minimum absolute atomic E-state index is 0.171. The lowest BCUT2D eigenvalue weighted by molar-refractivity contribution is 0.357. The standard InChI is InChI=1S/C16H27FN4/c1-5-18-16(19-9-10-21(4)6-2)20-12-14-7-8-15(17)13(3)11-14/h7-8,11H,5-6,9-10,12H2,1-4H3,(H2,18,19,20). The third-order valence-corrected chi connectivity index (χ3v) is 3.31. The second-order valence-corrected chi connectivity index (χ2v) is 5.10. The summed E-state index contributed by atoms with van der Waals surface area (Å²) < 4.78 is 13.2. The zero-order chi connectivity index (χ0) is 15.7. The molecule has 0 amide bonds. The van der Waals surface area contributed by atoms with E-state index < -0.39 is 0 Å². The lowest BCUT2D eigenvalue weighted by Gasteiger charge is -2.16. The number of rotatable bonds is 7. The lowest BCUT2D eigenvalue weighted by Crippen LogP contribution is -2.40. The van der Waals surface area contributed by atoms with Crippen LogP contribution in [0.25, 0.3) is 0 Å². The molecule has 1 aromatic carbocycles. The number of nitrogens with zero attached hydrogens (tertiary/aromatic N) is 2. The number of guanidine groups is 1. The van der Waals surface area contributed by atoms with Crippen molar-refractivity contribution in [2.75, 3.05) is 33.2 Å². The summed E-state index contributed by atoms with van der Waals surface area (Å²) in [7, 11) is 2.09. The normalized spacial score (nSPS) is 11.8. The van der Waals surface area contributed by atoms with Crippen LogP contribution in [0, 0.1) is 12.7 Å². The molecule has 0 spiro atoms. The van der Waals surface area contributed by atoms with Gasteiger partial charge in [0.1, 0.15) is 5.82 Å². The quantitative estimate of drug-likeness (QED) is 0.598. The van der Waals surface area contributed by atoms with Crippen LogP contribution in [0.5, 0.6) is 0 Å². The smallest absolute Gasteiger partial charge is 0.191 e. The summed E-state index contributed by atoms with van der Waals surface area (Å²) in [6.45, 7) is 10.2. The van der Waals surface area contributed by atoms with E-state index in [-0.39, 0.29) is 5.82 Å². The van der Waals surface area contributed by atoms with E-state index in [1.165, 1.54) is 6.07 Å². The molecule has 0 bridgehead atoms. The molecular formula is C16H27FN4. The molecule has 0 heterocycles. The first-order chi connectivity index (χ1) is 10.1. The van der Waals surface area contributed by atoms with Crippen LogP contribution in [0.1, 0.15) is 25.0 Å². The Hall–Kier alpha value is -1.62. The average molecular weight is 294 g/mol. The third kappa shape index (κ3) is 6.58. The number of aliphatic imine (C=N–C) groups is 1. The van der Waals surface area contributed by atoms with Gasteiger partial charge >= 0.3 is 0 Å². The van der Waals surface area contributed by atoms with E-state index in [0.29, 0.717) is 12.1 Å². The third-order valence-electron chi connectivity index (χ3n) is 3.31. The van der Waals surface area contributed by atoms with Gasteiger partial charge in [-0.05, 0) is 44.6 Å². The molecule has 0 saturated heterocycles. The van der Waals surface area contributed by atoms with Gasteiger partial charge < -0.3 is 15.5 Å². The second kappa shape index (κ2) is 9.34. The molecule has 118 valence electrons. The molecular weight excluding hydrogens is 267 g/mol. The molecule has 1 aromatic rings. The fourth-order valence-electron chi connectivity index (χ4n) is 1.84. The molecule has 0 atom stereocenters. The molecule has 4 nitrogen and oxygen atoms in total. The molecule has 0 aromatic heterocycles. The first-order valence-electron chi connectivity index (χ1n) is 7.52. The molecule has 1 rings (SSSR count). The predicted molar refractivity (Wildman–Crippen MR) is 87.1 cm³/mol. The highest BCUT2D eigenvalue weighted by atomic mass is 19.1. The van der Waals surface area contributed by atoms with E-state index in [9.17, 15) is 4.39 Å². The van der Waals surface area contributed by atoms with E-state index in [1.54, 1.807) is 13.0 Å². The molecule has 2 N–H and O–H groups in total. The largest absolute Gasteiger partial charge is 0.357 e. The maximum absolute atomic E-state index is 13.2. The van der Waals surface area contributed by atoms with Gasteiger partial charge in [-0.15, -0.1) is 0 Å². The number of halogens is 1. The second-order valence-electron chi connectivity index (χ2n) is 5.10. The van der Waals surface area contributed by atoms with Gasteiger partial charge in [0.15, 0.2) is 5.96 Å². The average Bonchev–Trinajstić information content (AvgIpc) is 2.48. The van der Waals surface area contributed by atoms with Gasteiger partial charge in [-0.1, -0.05) is 19.1 Å². The maximum Gasteiger partial charge on any atom is 0.191 e. The molecule has 0 aliphatic heterocycles. The van der Waals surface area contributed by atoms with Gasteiger partial charge in [0.05, 0.1) is 6.54 Å². The summed E-state index contributed by atoms with van der Waals surface area (Å²) in [5.74, 6) is 0.624. The monoisotopic (exact) mass is 294 g/mol. The highest BCUT2D eigenvalue weighted by Gasteiger charge is 2.01. The van der Waals surface area contributed by atoms with Gasteiger partial charge in [-0.2, -0.15) is 0 Å². The molecule has 0 unspecified atom stereocenters. The van der Waals surface area contributed by atoms with Crippen LogP contribution >= 0.6 is 0 Å². The van der Waals surface area contributed by atoms with Gasteiger partial charge in [-0.25, -0.2) is 9.38 Å². The van der Waals surface area contributed by atoms with Crippen molar-refractivity contribution < 1.29 is 4.39 Å². The van der Waals surface area contributed by atoms with E-state index in [2.05, 4.69) is 34.5 Å². The summed E-state index contributed by atoms with van der Waals surface area (Å²) in [5, 5.41) is 6.52. The zero-order valence-corrected chi connectivity index (χ0v) is 13.5. The summed E-state index contributed by atoms with van der Waals surface area (Å²) in [6.07, 6.45) is 0. The van der Waals surface area contributed by atoms with E-state index in [1.807, 2.05) is 13.0 Å². The SMILES string of the molecule is CCNC(=NCc1ccc(F)c(C)c1)NCCN(C)CC. The Morgan fingerprint density at radius 2 is 2.05 bits per heavy atom. The topological polar surface area (TPSA) is 39.7 Å². The van der Waals surface area contributed by atoms with E-state index in [4.69, 9.17) is 0 Å². The Morgan fingerprint density at radius 3 is 2.67 bits per heavy atom. The molecule has 0 saturated carbocycles. The van der Waals surface area contributed by atoms with Crippen LogP contribution in [0.2, 0.25) is 0 Å². The Bertz CT molecular complexity index is 460. The predicted octanol–water partition coefficient (Wildman–Crippen LogP) is 2.14. The zero-order valence-electron chi connectivity index (χ0n) is 13.5. The maximum atomic E-state index is 13.2. The summed E-state index contributed by atoms with van der Waals surface area (Å²) in [6, 6.07) is 5.12. The molecule has 0 aliphatic rings. The minimum Gasteiger partial charge on any atom is -0.357 e. The van der Waals surface area contributed by atoms with Gasteiger partial charge in [-0.3, -0.25) is 0 Å².